The minimum absolute atomic E-state index is 0.418. The molecule has 4 aromatic carbocycles. The van der Waals surface area contributed by atoms with Crippen molar-refractivity contribution in [3.8, 4) is 0 Å². The molecular weight excluding hydrogens is 459 g/mol. The summed E-state index contributed by atoms with van der Waals surface area (Å²) >= 11 is 3.68. The first-order valence-corrected chi connectivity index (χ1v) is 13.3. The minimum Gasteiger partial charge on any atom is -0.456 e. The van der Waals surface area contributed by atoms with Gasteiger partial charge in [0.25, 0.3) is 0 Å². The third kappa shape index (κ3) is 2.30. The maximum atomic E-state index is 7.02. The Hall–Kier alpha value is -2.64. The number of rotatable bonds is 1. The number of benzene rings is 4. The molecule has 0 saturated carbocycles. The highest BCUT2D eigenvalue weighted by molar-refractivity contribution is 7.28. The Bertz CT molecular complexity index is 1920. The summed E-state index contributed by atoms with van der Waals surface area (Å²) < 4.78 is 25.1. The van der Waals surface area contributed by atoms with Gasteiger partial charge in [0.1, 0.15) is 11.2 Å². The van der Waals surface area contributed by atoms with Crippen LogP contribution in [0.4, 0.5) is 0 Å². The Labute approximate surface area is 204 Å². The molecule has 1 fully saturated rings. The maximum Gasteiger partial charge on any atom is 0.498 e. The van der Waals surface area contributed by atoms with Crippen LogP contribution in [0.25, 0.3) is 62.3 Å². The van der Waals surface area contributed by atoms with Gasteiger partial charge in [-0.2, -0.15) is 0 Å². The van der Waals surface area contributed by atoms with E-state index in [1.54, 1.807) is 0 Å². The van der Waals surface area contributed by atoms with Crippen molar-refractivity contribution in [1.82, 2.24) is 0 Å². The van der Waals surface area contributed by atoms with Crippen molar-refractivity contribution < 1.29 is 13.7 Å². The average molecular weight is 480 g/mol. The molecule has 7 aromatic rings. The molecule has 0 spiro atoms. The topological polar surface area (TPSA) is 31.6 Å². The lowest BCUT2D eigenvalue weighted by atomic mass is 9.78. The zero-order valence-corrected chi connectivity index (χ0v) is 20.9. The van der Waals surface area contributed by atoms with Crippen LogP contribution in [-0.4, -0.2) is 18.3 Å². The third-order valence-electron chi connectivity index (χ3n) is 7.90. The Morgan fingerprint density at radius 3 is 1.97 bits per heavy atom. The first-order chi connectivity index (χ1) is 16.3. The Morgan fingerprint density at radius 1 is 0.647 bits per heavy atom. The molecule has 0 unspecified atom stereocenters. The van der Waals surface area contributed by atoms with Crippen LogP contribution in [0.3, 0.4) is 0 Å². The molecule has 0 N–H and O–H groups in total. The number of hydrogen-bond acceptors (Lipinski definition) is 5. The van der Waals surface area contributed by atoms with Crippen LogP contribution in [0.2, 0.25) is 0 Å². The van der Waals surface area contributed by atoms with Gasteiger partial charge in [0, 0.05) is 51.2 Å². The fourth-order valence-corrected chi connectivity index (χ4v) is 7.72. The zero-order chi connectivity index (χ0) is 23.0. The van der Waals surface area contributed by atoms with E-state index in [0.717, 1.165) is 22.0 Å². The number of hydrogen-bond donors (Lipinski definition) is 0. The van der Waals surface area contributed by atoms with Crippen LogP contribution in [0.15, 0.2) is 59.0 Å². The van der Waals surface area contributed by atoms with Crippen LogP contribution in [-0.2, 0) is 9.31 Å². The summed E-state index contributed by atoms with van der Waals surface area (Å²) in [6.07, 6.45) is 0. The van der Waals surface area contributed by atoms with Gasteiger partial charge < -0.3 is 13.7 Å². The van der Waals surface area contributed by atoms with Gasteiger partial charge in [0.15, 0.2) is 0 Å². The third-order valence-corrected chi connectivity index (χ3v) is 10.1. The van der Waals surface area contributed by atoms with E-state index in [-0.39, 0.29) is 0 Å². The van der Waals surface area contributed by atoms with Gasteiger partial charge in [0.2, 0.25) is 0 Å². The summed E-state index contributed by atoms with van der Waals surface area (Å²) in [6.45, 7) is 8.39. The summed E-state index contributed by atoms with van der Waals surface area (Å²) in [4.78, 5) is 0. The van der Waals surface area contributed by atoms with Gasteiger partial charge in [-0.3, -0.25) is 0 Å². The molecule has 3 aromatic heterocycles. The molecule has 0 radical (unpaired) electrons. The molecule has 0 amide bonds. The van der Waals surface area contributed by atoms with Crippen molar-refractivity contribution in [2.75, 3.05) is 0 Å². The van der Waals surface area contributed by atoms with E-state index in [2.05, 4.69) is 82.3 Å². The van der Waals surface area contributed by atoms with Gasteiger partial charge in [-0.15, -0.1) is 22.7 Å². The fraction of sp³-hybridized carbons (Fsp3) is 0.214. The summed E-state index contributed by atoms with van der Waals surface area (Å²) in [7, 11) is -0.487. The largest absolute Gasteiger partial charge is 0.498 e. The molecule has 0 atom stereocenters. The quantitative estimate of drug-likeness (QED) is 0.223. The van der Waals surface area contributed by atoms with Crippen LogP contribution >= 0.6 is 22.7 Å². The summed E-state index contributed by atoms with van der Waals surface area (Å²) in [5.41, 5.74) is 1.93. The molecule has 0 aliphatic carbocycles. The fourth-order valence-electron chi connectivity index (χ4n) is 5.45. The molecule has 0 bridgehead atoms. The summed E-state index contributed by atoms with van der Waals surface area (Å²) in [5, 5.41) is 7.34. The number of thiophene rings is 2. The number of fused-ring (bicyclic) bond motifs is 2. The predicted molar refractivity (Wildman–Crippen MR) is 146 cm³/mol. The smallest absolute Gasteiger partial charge is 0.456 e. The van der Waals surface area contributed by atoms with Crippen molar-refractivity contribution in [2.24, 2.45) is 0 Å². The summed E-state index contributed by atoms with van der Waals surface area (Å²) in [6, 6.07) is 19.7. The van der Waals surface area contributed by atoms with Crippen LogP contribution < -0.4 is 5.46 Å². The highest BCUT2D eigenvalue weighted by Gasteiger charge is 2.52. The first kappa shape index (κ1) is 19.6. The van der Waals surface area contributed by atoms with Crippen molar-refractivity contribution in [3.63, 3.8) is 0 Å². The predicted octanol–water partition coefficient (Wildman–Crippen LogP) is 8.06. The zero-order valence-electron chi connectivity index (χ0n) is 19.3. The Morgan fingerprint density at radius 2 is 1.24 bits per heavy atom. The molecule has 8 rings (SSSR count). The Balaban J connectivity index is 1.62. The highest BCUT2D eigenvalue weighted by Crippen LogP contribution is 2.50. The van der Waals surface area contributed by atoms with Crippen LogP contribution in [0.1, 0.15) is 27.7 Å². The lowest BCUT2D eigenvalue weighted by Gasteiger charge is -2.32. The minimum atomic E-state index is -0.487. The van der Waals surface area contributed by atoms with E-state index in [9.17, 15) is 0 Å². The molecule has 1 saturated heterocycles. The van der Waals surface area contributed by atoms with Crippen molar-refractivity contribution in [3.05, 3.63) is 54.6 Å². The maximum absolute atomic E-state index is 7.02. The lowest BCUT2D eigenvalue weighted by Crippen LogP contribution is -2.41. The van der Waals surface area contributed by atoms with Crippen molar-refractivity contribution in [2.45, 2.75) is 38.9 Å². The van der Waals surface area contributed by atoms with Crippen molar-refractivity contribution >= 4 is 97.5 Å². The molecule has 3 nitrogen and oxygen atoms in total. The van der Waals surface area contributed by atoms with Crippen molar-refractivity contribution in [1.29, 1.82) is 0 Å². The lowest BCUT2D eigenvalue weighted by molar-refractivity contribution is 0.00578. The molecule has 6 heteroatoms. The second kappa shape index (κ2) is 6.13. The first-order valence-electron chi connectivity index (χ1n) is 11.6. The molecule has 4 heterocycles. The second-order valence-electron chi connectivity index (χ2n) is 10.4. The van der Waals surface area contributed by atoms with E-state index < -0.39 is 18.3 Å². The van der Waals surface area contributed by atoms with Crippen LogP contribution in [0, 0.1) is 0 Å². The van der Waals surface area contributed by atoms with Gasteiger partial charge in [0.05, 0.1) is 11.2 Å². The standard InChI is InChI=1S/C28H21BO3S2/c1-27(2)28(3,4)32-29(31-27)16-9-10-19-23-21-17(33-19)11-12-18-22(21)24-20(34-18)13-14-7-5-6-8-15(14)25(24)30-26(16)23/h5-13H,1-4H3. The molecule has 1 aliphatic heterocycles. The van der Waals surface area contributed by atoms with E-state index in [1.165, 1.54) is 45.7 Å². The van der Waals surface area contributed by atoms with E-state index in [0.29, 0.717) is 0 Å². The van der Waals surface area contributed by atoms with Gasteiger partial charge in [-0.25, -0.2) is 0 Å². The second-order valence-corrected chi connectivity index (χ2v) is 12.5. The van der Waals surface area contributed by atoms with Gasteiger partial charge in [-0.1, -0.05) is 30.3 Å². The molecule has 1 aliphatic rings. The SMILES string of the molecule is CC1(C)OB(c2ccc3sc4ccc5sc6cc7ccccc7c7oc2c3c4c5c67)OC1(C)C. The molecule has 34 heavy (non-hydrogen) atoms. The average Bonchev–Trinajstić information content (AvgIpc) is 3.37. The normalized spacial score (nSPS) is 18.2. The van der Waals surface area contributed by atoms with Crippen LogP contribution in [0.5, 0.6) is 0 Å². The monoisotopic (exact) mass is 480 g/mol. The van der Waals surface area contributed by atoms with Gasteiger partial charge in [-0.05, 0) is 57.3 Å². The summed E-state index contributed by atoms with van der Waals surface area (Å²) in [5.74, 6) is 0. The van der Waals surface area contributed by atoms with E-state index in [4.69, 9.17) is 13.7 Å². The van der Waals surface area contributed by atoms with E-state index in [1.807, 2.05) is 22.7 Å². The highest BCUT2D eigenvalue weighted by atomic mass is 32.1. The van der Waals surface area contributed by atoms with Gasteiger partial charge >= 0.3 is 7.12 Å². The molecule has 166 valence electrons. The Kier molecular flexibility index (Phi) is 3.54. The molecular formula is C28H21BO3S2. The van der Waals surface area contributed by atoms with E-state index >= 15 is 0 Å².